The summed E-state index contributed by atoms with van der Waals surface area (Å²) in [6.45, 7) is 5.06. The molecule has 0 bridgehead atoms. The Labute approximate surface area is 103 Å². The van der Waals surface area contributed by atoms with Crippen LogP contribution in [-0.4, -0.2) is 26.6 Å². The molecule has 0 radical (unpaired) electrons. The summed E-state index contributed by atoms with van der Waals surface area (Å²) in [5, 5.41) is 0. The molecule has 0 N–H and O–H groups in total. The summed E-state index contributed by atoms with van der Waals surface area (Å²) in [6.07, 6.45) is 3.83. The zero-order chi connectivity index (χ0) is 12.5. The van der Waals surface area contributed by atoms with Crippen LogP contribution in [0.2, 0.25) is 0 Å². The van der Waals surface area contributed by atoms with E-state index >= 15 is 0 Å². The molecule has 0 aliphatic heterocycles. The van der Waals surface area contributed by atoms with Gasteiger partial charge in [-0.1, -0.05) is 24.3 Å². The second-order valence-corrected chi connectivity index (χ2v) is 3.53. The first-order chi connectivity index (χ1) is 8.26. The van der Waals surface area contributed by atoms with Gasteiger partial charge in [-0.3, -0.25) is 0 Å². The molecule has 0 spiro atoms. The van der Waals surface area contributed by atoms with Crippen molar-refractivity contribution < 1.29 is 14.2 Å². The lowest BCUT2D eigenvalue weighted by atomic mass is 10.2. The quantitative estimate of drug-likeness (QED) is 0.681. The number of rotatable bonds is 7. The van der Waals surface area contributed by atoms with E-state index in [1.165, 1.54) is 0 Å². The Morgan fingerprint density at radius 2 is 1.88 bits per heavy atom. The minimum absolute atomic E-state index is 0.152. The number of hydrogen-bond donors (Lipinski definition) is 0. The molecule has 1 atom stereocenters. The number of methoxy groups -OCH3 is 1. The van der Waals surface area contributed by atoms with Gasteiger partial charge in [-0.15, -0.1) is 0 Å². The summed E-state index contributed by atoms with van der Waals surface area (Å²) >= 11 is 0. The van der Waals surface area contributed by atoms with Crippen molar-refractivity contribution in [1.29, 1.82) is 0 Å². The van der Waals surface area contributed by atoms with Crippen molar-refractivity contribution in [3.8, 4) is 5.75 Å². The second-order valence-electron chi connectivity index (χ2n) is 3.53. The maximum absolute atomic E-state index is 5.42. The minimum Gasteiger partial charge on any atom is -0.497 e. The molecule has 0 fully saturated rings. The molecule has 0 amide bonds. The number of benzene rings is 1. The Morgan fingerprint density at radius 3 is 2.47 bits per heavy atom. The van der Waals surface area contributed by atoms with E-state index in [4.69, 9.17) is 14.2 Å². The van der Waals surface area contributed by atoms with Crippen molar-refractivity contribution in [2.24, 2.45) is 0 Å². The topological polar surface area (TPSA) is 27.7 Å². The zero-order valence-corrected chi connectivity index (χ0v) is 10.7. The predicted molar refractivity (Wildman–Crippen MR) is 69.1 cm³/mol. The summed E-state index contributed by atoms with van der Waals surface area (Å²) in [4.78, 5) is 0. The highest BCUT2D eigenvalue weighted by Crippen LogP contribution is 2.12. The van der Waals surface area contributed by atoms with Gasteiger partial charge in [0.15, 0.2) is 6.29 Å². The standard InChI is InChI=1S/C14H20O3/c1-4-16-12(2)17-11-5-6-13-7-9-14(15-3)10-8-13/h5-10,12H,4,11H2,1-3H3/b6-5-. The molecule has 0 aliphatic carbocycles. The van der Waals surface area contributed by atoms with Crippen molar-refractivity contribution in [3.05, 3.63) is 35.9 Å². The number of hydrogen-bond acceptors (Lipinski definition) is 3. The lowest BCUT2D eigenvalue weighted by Crippen LogP contribution is -2.12. The van der Waals surface area contributed by atoms with Gasteiger partial charge in [0.2, 0.25) is 0 Å². The van der Waals surface area contributed by atoms with Gasteiger partial charge in [0.25, 0.3) is 0 Å². The predicted octanol–water partition coefficient (Wildman–Crippen LogP) is 3.11. The largest absolute Gasteiger partial charge is 0.497 e. The molecule has 3 heteroatoms. The van der Waals surface area contributed by atoms with Crippen molar-refractivity contribution in [3.63, 3.8) is 0 Å². The van der Waals surface area contributed by atoms with E-state index in [-0.39, 0.29) is 6.29 Å². The van der Waals surface area contributed by atoms with Crippen LogP contribution in [0, 0.1) is 0 Å². The Hall–Kier alpha value is -1.32. The maximum Gasteiger partial charge on any atom is 0.155 e. The van der Waals surface area contributed by atoms with Crippen LogP contribution >= 0.6 is 0 Å². The van der Waals surface area contributed by atoms with E-state index in [1.807, 2.05) is 50.3 Å². The van der Waals surface area contributed by atoms with Gasteiger partial charge in [0, 0.05) is 6.61 Å². The van der Waals surface area contributed by atoms with Gasteiger partial charge in [-0.25, -0.2) is 0 Å². The zero-order valence-electron chi connectivity index (χ0n) is 10.7. The minimum atomic E-state index is -0.152. The fourth-order valence-electron chi connectivity index (χ4n) is 1.37. The van der Waals surface area contributed by atoms with Crippen molar-refractivity contribution >= 4 is 6.08 Å². The third kappa shape index (κ3) is 5.52. The third-order valence-electron chi connectivity index (χ3n) is 2.25. The SMILES string of the molecule is CCOC(C)OC/C=C\c1ccc(OC)cc1. The molecule has 17 heavy (non-hydrogen) atoms. The Bertz CT molecular complexity index is 330. The molecule has 0 saturated heterocycles. The van der Waals surface area contributed by atoms with E-state index < -0.39 is 0 Å². The first-order valence-electron chi connectivity index (χ1n) is 5.80. The van der Waals surface area contributed by atoms with Gasteiger partial charge < -0.3 is 14.2 Å². The maximum atomic E-state index is 5.42. The molecule has 1 unspecified atom stereocenters. The van der Waals surface area contributed by atoms with E-state index in [2.05, 4.69) is 0 Å². The molecule has 1 aromatic carbocycles. The average molecular weight is 236 g/mol. The van der Waals surface area contributed by atoms with Gasteiger partial charge in [-0.05, 0) is 31.5 Å². The van der Waals surface area contributed by atoms with E-state index in [0.29, 0.717) is 13.2 Å². The van der Waals surface area contributed by atoms with Crippen LogP contribution in [-0.2, 0) is 9.47 Å². The lowest BCUT2D eigenvalue weighted by Gasteiger charge is -2.10. The first kappa shape index (κ1) is 13.7. The monoisotopic (exact) mass is 236 g/mol. The molecule has 1 aromatic rings. The highest BCUT2D eigenvalue weighted by molar-refractivity contribution is 5.50. The molecule has 0 heterocycles. The molecular formula is C14H20O3. The fraction of sp³-hybridized carbons (Fsp3) is 0.429. The Balaban J connectivity index is 2.32. The number of ether oxygens (including phenoxy) is 3. The molecule has 0 saturated carbocycles. The summed E-state index contributed by atoms with van der Waals surface area (Å²) in [6, 6.07) is 7.87. The molecular weight excluding hydrogens is 216 g/mol. The van der Waals surface area contributed by atoms with Gasteiger partial charge in [0.05, 0.1) is 13.7 Å². The van der Waals surface area contributed by atoms with E-state index in [9.17, 15) is 0 Å². The Kier molecular flexibility index (Phi) is 6.37. The summed E-state index contributed by atoms with van der Waals surface area (Å²) in [5.41, 5.74) is 1.12. The smallest absolute Gasteiger partial charge is 0.155 e. The van der Waals surface area contributed by atoms with Crippen LogP contribution < -0.4 is 4.74 Å². The van der Waals surface area contributed by atoms with Gasteiger partial charge in [0.1, 0.15) is 5.75 Å². The lowest BCUT2D eigenvalue weighted by molar-refractivity contribution is -0.118. The van der Waals surface area contributed by atoms with Crippen LogP contribution in [0.25, 0.3) is 6.08 Å². The van der Waals surface area contributed by atoms with Crippen molar-refractivity contribution in [2.75, 3.05) is 20.3 Å². The normalized spacial score (nSPS) is 12.9. The fourth-order valence-corrected chi connectivity index (χ4v) is 1.37. The van der Waals surface area contributed by atoms with Crippen LogP contribution in [0.3, 0.4) is 0 Å². The highest BCUT2D eigenvalue weighted by atomic mass is 16.7. The van der Waals surface area contributed by atoms with E-state index in [1.54, 1.807) is 7.11 Å². The molecule has 3 nitrogen and oxygen atoms in total. The van der Waals surface area contributed by atoms with Crippen molar-refractivity contribution in [2.45, 2.75) is 20.1 Å². The molecule has 1 rings (SSSR count). The summed E-state index contributed by atoms with van der Waals surface area (Å²) < 4.78 is 15.8. The van der Waals surface area contributed by atoms with E-state index in [0.717, 1.165) is 11.3 Å². The summed E-state index contributed by atoms with van der Waals surface area (Å²) in [5.74, 6) is 0.864. The van der Waals surface area contributed by atoms with Crippen LogP contribution in [0.4, 0.5) is 0 Å². The second kappa shape index (κ2) is 7.87. The van der Waals surface area contributed by atoms with Crippen LogP contribution in [0.1, 0.15) is 19.4 Å². The Morgan fingerprint density at radius 1 is 1.18 bits per heavy atom. The third-order valence-corrected chi connectivity index (χ3v) is 2.25. The molecule has 94 valence electrons. The molecule has 0 aliphatic rings. The van der Waals surface area contributed by atoms with Crippen molar-refractivity contribution in [1.82, 2.24) is 0 Å². The average Bonchev–Trinajstić information content (AvgIpc) is 2.36. The van der Waals surface area contributed by atoms with Crippen LogP contribution in [0.15, 0.2) is 30.3 Å². The van der Waals surface area contributed by atoms with Gasteiger partial charge >= 0.3 is 0 Å². The highest BCUT2D eigenvalue weighted by Gasteiger charge is 1.97. The molecule has 0 aromatic heterocycles. The van der Waals surface area contributed by atoms with Crippen LogP contribution in [0.5, 0.6) is 5.75 Å². The van der Waals surface area contributed by atoms with Gasteiger partial charge in [-0.2, -0.15) is 0 Å². The first-order valence-corrected chi connectivity index (χ1v) is 5.80. The summed E-state index contributed by atoms with van der Waals surface area (Å²) in [7, 11) is 1.66.